The molecule has 0 aliphatic carbocycles. The fraction of sp³-hybridized carbons (Fsp3) is 0.200. The Morgan fingerprint density at radius 2 is 1.55 bits per heavy atom. The van der Waals surface area contributed by atoms with Crippen LogP contribution in [-0.4, -0.2) is 47.3 Å². The number of amides is 2. The van der Waals surface area contributed by atoms with Gasteiger partial charge in [-0.3, -0.25) is 14.5 Å². The Bertz CT molecular complexity index is 1150. The minimum Gasteiger partial charge on any atom is -0.337 e. The molecule has 0 unspecified atom stereocenters. The smallest absolute Gasteiger partial charge is 0.262 e. The summed E-state index contributed by atoms with van der Waals surface area (Å²) in [7, 11) is -3.34. The third-order valence-corrected chi connectivity index (χ3v) is 5.64. The number of carbonyl (C=O) groups excluding carboxylic acids is 2. The summed E-state index contributed by atoms with van der Waals surface area (Å²) in [4.78, 5) is 31.1. The van der Waals surface area contributed by atoms with E-state index in [2.05, 4.69) is 10.1 Å². The van der Waals surface area contributed by atoms with Gasteiger partial charge >= 0.3 is 0 Å². The van der Waals surface area contributed by atoms with Gasteiger partial charge < -0.3 is 4.52 Å². The molecule has 2 heterocycles. The predicted octanol–water partition coefficient (Wildman–Crippen LogP) is 2.51. The molecule has 1 aliphatic heterocycles. The van der Waals surface area contributed by atoms with E-state index in [0.717, 1.165) is 11.2 Å². The van der Waals surface area contributed by atoms with Crippen molar-refractivity contribution in [3.63, 3.8) is 0 Å². The lowest BCUT2D eigenvalue weighted by atomic mass is 10.1. The van der Waals surface area contributed by atoms with Crippen molar-refractivity contribution in [3.8, 4) is 11.4 Å². The van der Waals surface area contributed by atoms with Gasteiger partial charge in [-0.15, -0.1) is 0 Å². The molecule has 1 atom stereocenters. The van der Waals surface area contributed by atoms with Crippen LogP contribution >= 0.6 is 0 Å². The summed E-state index contributed by atoms with van der Waals surface area (Å²) in [5.41, 5.74) is 1.24. The number of fused-ring (bicyclic) bond motifs is 1. The summed E-state index contributed by atoms with van der Waals surface area (Å²) in [6, 6.07) is 14.5. The van der Waals surface area contributed by atoms with Crippen LogP contribution in [0, 0.1) is 0 Å². The van der Waals surface area contributed by atoms with Gasteiger partial charge in [-0.05, 0) is 18.6 Å². The summed E-state index contributed by atoms with van der Waals surface area (Å²) in [6.07, 6.45) is 1.05. The first-order valence-corrected chi connectivity index (χ1v) is 10.9. The van der Waals surface area contributed by atoms with Crippen molar-refractivity contribution in [1.82, 2.24) is 15.0 Å². The van der Waals surface area contributed by atoms with Crippen LogP contribution in [0.25, 0.3) is 11.4 Å². The van der Waals surface area contributed by atoms with Crippen LogP contribution in [0.2, 0.25) is 0 Å². The summed E-state index contributed by atoms with van der Waals surface area (Å²) in [5, 5.41) is 3.94. The molecule has 0 fully saturated rings. The Hall–Kier alpha value is -3.33. The highest BCUT2D eigenvalue weighted by Crippen LogP contribution is 2.33. The molecule has 0 radical (unpaired) electrons. The molecule has 0 N–H and O–H groups in total. The molecule has 0 spiro atoms. The molecule has 8 nitrogen and oxygen atoms in total. The highest BCUT2D eigenvalue weighted by Gasteiger charge is 2.42. The molecule has 0 bridgehead atoms. The third-order valence-electron chi connectivity index (χ3n) is 4.66. The molecular formula is C20H17N3O5S. The van der Waals surface area contributed by atoms with Gasteiger partial charge in [0.05, 0.1) is 16.9 Å². The Morgan fingerprint density at radius 1 is 0.966 bits per heavy atom. The van der Waals surface area contributed by atoms with Gasteiger partial charge in [0.2, 0.25) is 11.7 Å². The number of carbonyl (C=O) groups is 2. The molecule has 1 aliphatic rings. The van der Waals surface area contributed by atoms with Crippen molar-refractivity contribution in [3.05, 3.63) is 71.6 Å². The molecule has 1 aromatic heterocycles. The number of nitrogens with zero attached hydrogens (tertiary/aromatic N) is 3. The zero-order valence-corrected chi connectivity index (χ0v) is 16.3. The maximum atomic E-state index is 12.9. The predicted molar refractivity (Wildman–Crippen MR) is 104 cm³/mol. The van der Waals surface area contributed by atoms with E-state index in [1.165, 1.54) is 0 Å². The Labute approximate surface area is 167 Å². The minimum absolute atomic E-state index is 0.0157. The monoisotopic (exact) mass is 411 g/mol. The molecule has 0 saturated carbocycles. The maximum absolute atomic E-state index is 12.9. The van der Waals surface area contributed by atoms with Gasteiger partial charge in [-0.25, -0.2) is 8.42 Å². The molecule has 2 aromatic carbocycles. The van der Waals surface area contributed by atoms with Crippen LogP contribution < -0.4 is 0 Å². The average molecular weight is 411 g/mol. The van der Waals surface area contributed by atoms with E-state index in [1.807, 2.05) is 18.2 Å². The fourth-order valence-corrected chi connectivity index (χ4v) is 3.91. The zero-order valence-electron chi connectivity index (χ0n) is 15.5. The van der Waals surface area contributed by atoms with Crippen LogP contribution in [0.15, 0.2) is 59.1 Å². The molecule has 3 aromatic rings. The number of hydrogen-bond donors (Lipinski definition) is 0. The molecule has 9 heteroatoms. The number of rotatable bonds is 6. The van der Waals surface area contributed by atoms with Gasteiger partial charge in [0, 0.05) is 11.8 Å². The van der Waals surface area contributed by atoms with Gasteiger partial charge in [0.25, 0.3) is 11.8 Å². The molecule has 4 rings (SSSR count). The standard InChI is InChI=1S/C20H17N3O5S/c1-29(26,27)12-11-16(18-21-17(22-28-18)13-7-3-2-4-8-13)23-19(24)14-9-5-6-10-15(14)20(23)25/h2-10,16H,11-12H2,1H3/t16-/m1/s1. The van der Waals surface area contributed by atoms with E-state index in [-0.39, 0.29) is 29.2 Å². The molecule has 0 saturated heterocycles. The SMILES string of the molecule is CS(=O)(=O)CC[C@H](c1nc(-c2ccccc2)no1)N1C(=O)c2ccccc2C1=O. The topological polar surface area (TPSA) is 110 Å². The van der Waals surface area contributed by atoms with E-state index < -0.39 is 27.7 Å². The second-order valence-corrected chi connectivity index (χ2v) is 9.04. The number of aromatic nitrogens is 2. The molecule has 29 heavy (non-hydrogen) atoms. The van der Waals surface area contributed by atoms with Gasteiger partial charge in [-0.2, -0.15) is 4.98 Å². The van der Waals surface area contributed by atoms with E-state index in [4.69, 9.17) is 4.52 Å². The zero-order chi connectivity index (χ0) is 20.6. The molecule has 2 amide bonds. The average Bonchev–Trinajstić information content (AvgIpc) is 3.28. The van der Waals surface area contributed by atoms with Gasteiger partial charge in [0.1, 0.15) is 15.9 Å². The second-order valence-electron chi connectivity index (χ2n) is 6.78. The Morgan fingerprint density at radius 3 is 2.14 bits per heavy atom. The number of hydrogen-bond acceptors (Lipinski definition) is 7. The largest absolute Gasteiger partial charge is 0.337 e. The van der Waals surface area contributed by atoms with Crippen LogP contribution in [0.1, 0.15) is 39.1 Å². The summed E-state index contributed by atoms with van der Waals surface area (Å²) >= 11 is 0. The van der Waals surface area contributed by atoms with Crippen LogP contribution in [0.5, 0.6) is 0 Å². The van der Waals surface area contributed by atoms with Crippen LogP contribution in [-0.2, 0) is 9.84 Å². The lowest BCUT2D eigenvalue weighted by Gasteiger charge is -2.22. The highest BCUT2D eigenvalue weighted by atomic mass is 32.2. The van der Waals surface area contributed by atoms with Crippen molar-refractivity contribution in [2.45, 2.75) is 12.5 Å². The lowest BCUT2D eigenvalue weighted by Crippen LogP contribution is -2.35. The van der Waals surface area contributed by atoms with E-state index in [1.54, 1.807) is 36.4 Å². The van der Waals surface area contributed by atoms with Crippen molar-refractivity contribution in [2.24, 2.45) is 0 Å². The third kappa shape index (κ3) is 3.68. The van der Waals surface area contributed by atoms with Crippen molar-refractivity contribution < 1.29 is 22.5 Å². The number of sulfone groups is 1. The van der Waals surface area contributed by atoms with Crippen molar-refractivity contribution in [2.75, 3.05) is 12.0 Å². The van der Waals surface area contributed by atoms with Gasteiger partial charge in [-0.1, -0.05) is 47.6 Å². The molecular weight excluding hydrogens is 394 g/mol. The summed E-state index contributed by atoms with van der Waals surface area (Å²) in [6.45, 7) is 0. The van der Waals surface area contributed by atoms with Crippen LogP contribution in [0.3, 0.4) is 0 Å². The number of benzene rings is 2. The first-order valence-electron chi connectivity index (χ1n) is 8.89. The van der Waals surface area contributed by atoms with Crippen molar-refractivity contribution in [1.29, 1.82) is 0 Å². The van der Waals surface area contributed by atoms with E-state index >= 15 is 0 Å². The number of imide groups is 1. The summed E-state index contributed by atoms with van der Waals surface area (Å²) in [5.74, 6) is -0.954. The van der Waals surface area contributed by atoms with E-state index in [0.29, 0.717) is 11.4 Å². The first kappa shape index (κ1) is 19.0. The first-order chi connectivity index (χ1) is 13.8. The normalized spacial score (nSPS) is 14.9. The Balaban J connectivity index is 1.73. The minimum atomic E-state index is -3.34. The second kappa shape index (κ2) is 7.25. The Kier molecular flexibility index (Phi) is 4.75. The van der Waals surface area contributed by atoms with Crippen LogP contribution in [0.4, 0.5) is 0 Å². The lowest BCUT2D eigenvalue weighted by molar-refractivity contribution is 0.0547. The maximum Gasteiger partial charge on any atom is 0.262 e. The highest BCUT2D eigenvalue weighted by molar-refractivity contribution is 7.90. The van der Waals surface area contributed by atoms with E-state index in [9.17, 15) is 18.0 Å². The summed E-state index contributed by atoms with van der Waals surface area (Å²) < 4.78 is 28.8. The van der Waals surface area contributed by atoms with Crippen molar-refractivity contribution >= 4 is 21.7 Å². The van der Waals surface area contributed by atoms with Gasteiger partial charge in [0.15, 0.2) is 0 Å². The quantitative estimate of drug-likeness (QED) is 0.573. The fourth-order valence-electron chi connectivity index (χ4n) is 3.25. The molecule has 148 valence electrons.